The average molecular weight is 304 g/mol. The summed E-state index contributed by atoms with van der Waals surface area (Å²) in [7, 11) is 1.31. The minimum atomic E-state index is -0.953. The van der Waals surface area contributed by atoms with E-state index in [-0.39, 0.29) is 6.54 Å². The van der Waals surface area contributed by atoms with Gasteiger partial charge in [0.25, 0.3) is 0 Å². The zero-order valence-electron chi connectivity index (χ0n) is 12.5. The summed E-state index contributed by atoms with van der Waals surface area (Å²) in [6.45, 7) is 1.24. The number of carbonyl (C=O) groups is 2. The number of hydrogen-bond donors (Lipinski definition) is 2. The Balaban J connectivity index is 2.25. The molecule has 6 nitrogen and oxygen atoms in total. The predicted octanol–water partition coefficient (Wildman–Crippen LogP) is 1.28. The molecule has 1 unspecified atom stereocenters. The number of methoxy groups -OCH3 is 1. The van der Waals surface area contributed by atoms with Gasteiger partial charge in [-0.3, -0.25) is 0 Å². The van der Waals surface area contributed by atoms with Crippen LogP contribution < -0.4 is 5.32 Å². The molecule has 0 bridgehead atoms. The molecule has 0 aromatic heterocycles. The quantitative estimate of drug-likeness (QED) is 0.647. The van der Waals surface area contributed by atoms with Gasteiger partial charge in [0.1, 0.15) is 0 Å². The highest BCUT2D eigenvalue weighted by Crippen LogP contribution is 2.20. The van der Waals surface area contributed by atoms with Crippen molar-refractivity contribution in [2.24, 2.45) is 0 Å². The van der Waals surface area contributed by atoms with Crippen molar-refractivity contribution in [2.75, 3.05) is 26.7 Å². The molecule has 1 heterocycles. The van der Waals surface area contributed by atoms with E-state index in [1.807, 2.05) is 30.3 Å². The van der Waals surface area contributed by atoms with Crippen LogP contribution in [0.25, 0.3) is 0 Å². The molecule has 2 rings (SSSR count). The Bertz CT molecular complexity index is 559. The SMILES string of the molecule is COC(=O)/C=C/C1(Cc2ccccc2)CN(C(=O)O)CCN1. The highest BCUT2D eigenvalue weighted by atomic mass is 16.5. The Morgan fingerprint density at radius 3 is 2.77 bits per heavy atom. The zero-order chi connectivity index (χ0) is 16.0. The normalized spacial score (nSPS) is 21.8. The number of nitrogens with one attached hydrogen (secondary N) is 1. The fourth-order valence-electron chi connectivity index (χ4n) is 2.62. The number of ether oxygens (including phenoxy) is 1. The molecule has 1 atom stereocenters. The summed E-state index contributed by atoms with van der Waals surface area (Å²) in [5.41, 5.74) is 0.448. The first-order valence-electron chi connectivity index (χ1n) is 7.09. The van der Waals surface area contributed by atoms with Crippen molar-refractivity contribution in [3.63, 3.8) is 0 Å². The van der Waals surface area contributed by atoms with E-state index in [1.54, 1.807) is 6.08 Å². The van der Waals surface area contributed by atoms with Gasteiger partial charge in [-0.2, -0.15) is 0 Å². The first-order chi connectivity index (χ1) is 10.5. The minimum Gasteiger partial charge on any atom is -0.466 e. The second-order valence-corrected chi connectivity index (χ2v) is 5.31. The molecule has 1 aliphatic rings. The van der Waals surface area contributed by atoms with Crippen LogP contribution in [0.15, 0.2) is 42.5 Å². The molecule has 1 aromatic carbocycles. The van der Waals surface area contributed by atoms with Crippen molar-refractivity contribution < 1.29 is 19.4 Å². The Kier molecular flexibility index (Phi) is 5.16. The van der Waals surface area contributed by atoms with Gasteiger partial charge in [0, 0.05) is 25.7 Å². The molecule has 1 amide bonds. The van der Waals surface area contributed by atoms with E-state index in [2.05, 4.69) is 10.1 Å². The van der Waals surface area contributed by atoms with E-state index in [0.717, 1.165) is 5.56 Å². The van der Waals surface area contributed by atoms with Gasteiger partial charge in [0.05, 0.1) is 12.6 Å². The molecule has 1 fully saturated rings. The number of benzene rings is 1. The first-order valence-corrected chi connectivity index (χ1v) is 7.09. The Morgan fingerprint density at radius 2 is 2.14 bits per heavy atom. The van der Waals surface area contributed by atoms with Crippen LogP contribution in [0, 0.1) is 0 Å². The number of nitrogens with zero attached hydrogens (tertiary/aromatic N) is 1. The van der Waals surface area contributed by atoms with Crippen molar-refractivity contribution in [3.8, 4) is 0 Å². The lowest BCUT2D eigenvalue weighted by molar-refractivity contribution is -0.134. The van der Waals surface area contributed by atoms with E-state index in [1.165, 1.54) is 18.1 Å². The molecule has 0 radical (unpaired) electrons. The van der Waals surface area contributed by atoms with Crippen molar-refractivity contribution in [3.05, 3.63) is 48.0 Å². The van der Waals surface area contributed by atoms with Crippen LogP contribution in [0.4, 0.5) is 4.79 Å². The number of carboxylic acid groups (broad SMARTS) is 1. The third kappa shape index (κ3) is 4.08. The molecular formula is C16H20N2O4. The maximum Gasteiger partial charge on any atom is 0.407 e. The number of amides is 1. The number of hydrogen-bond acceptors (Lipinski definition) is 4. The summed E-state index contributed by atoms with van der Waals surface area (Å²) < 4.78 is 4.63. The third-order valence-corrected chi connectivity index (χ3v) is 3.70. The predicted molar refractivity (Wildman–Crippen MR) is 81.6 cm³/mol. The van der Waals surface area contributed by atoms with Crippen LogP contribution in [-0.4, -0.2) is 54.4 Å². The monoisotopic (exact) mass is 304 g/mol. The lowest BCUT2D eigenvalue weighted by atomic mass is 9.88. The van der Waals surface area contributed by atoms with Gasteiger partial charge < -0.3 is 20.1 Å². The highest BCUT2D eigenvalue weighted by Gasteiger charge is 2.35. The van der Waals surface area contributed by atoms with Gasteiger partial charge in [-0.25, -0.2) is 9.59 Å². The molecular weight excluding hydrogens is 284 g/mol. The molecule has 0 saturated carbocycles. The van der Waals surface area contributed by atoms with E-state index >= 15 is 0 Å². The van der Waals surface area contributed by atoms with Gasteiger partial charge in [-0.05, 0) is 12.0 Å². The summed E-state index contributed by atoms with van der Waals surface area (Å²) in [6, 6.07) is 9.76. The summed E-state index contributed by atoms with van der Waals surface area (Å²) >= 11 is 0. The van der Waals surface area contributed by atoms with Crippen LogP contribution in [-0.2, 0) is 16.0 Å². The van der Waals surface area contributed by atoms with E-state index in [9.17, 15) is 14.7 Å². The molecule has 6 heteroatoms. The van der Waals surface area contributed by atoms with Gasteiger partial charge in [-0.15, -0.1) is 0 Å². The van der Waals surface area contributed by atoms with Crippen molar-refractivity contribution in [1.29, 1.82) is 0 Å². The number of rotatable bonds is 4. The van der Waals surface area contributed by atoms with Crippen molar-refractivity contribution >= 4 is 12.1 Å². The Hall–Kier alpha value is -2.34. The molecule has 1 saturated heterocycles. The summed E-state index contributed by atoms with van der Waals surface area (Å²) in [4.78, 5) is 24.0. The third-order valence-electron chi connectivity index (χ3n) is 3.70. The van der Waals surface area contributed by atoms with Crippen LogP contribution in [0.3, 0.4) is 0 Å². The van der Waals surface area contributed by atoms with E-state index in [0.29, 0.717) is 19.5 Å². The summed E-state index contributed by atoms with van der Waals surface area (Å²) in [5.74, 6) is -0.457. The van der Waals surface area contributed by atoms with Gasteiger partial charge in [0.15, 0.2) is 0 Å². The van der Waals surface area contributed by atoms with Crippen LogP contribution in [0.5, 0.6) is 0 Å². The molecule has 22 heavy (non-hydrogen) atoms. The van der Waals surface area contributed by atoms with Crippen LogP contribution in [0.2, 0.25) is 0 Å². The minimum absolute atomic E-state index is 0.282. The smallest absolute Gasteiger partial charge is 0.407 e. The second-order valence-electron chi connectivity index (χ2n) is 5.31. The maximum atomic E-state index is 11.4. The van der Waals surface area contributed by atoms with Crippen LogP contribution >= 0.6 is 0 Å². The summed E-state index contributed by atoms with van der Waals surface area (Å²) in [6.07, 6.45) is 2.69. The molecule has 118 valence electrons. The zero-order valence-corrected chi connectivity index (χ0v) is 12.5. The number of piperazine rings is 1. The van der Waals surface area contributed by atoms with Gasteiger partial charge in [0.2, 0.25) is 0 Å². The fraction of sp³-hybridized carbons (Fsp3) is 0.375. The van der Waals surface area contributed by atoms with E-state index < -0.39 is 17.6 Å². The Labute approximate surface area is 129 Å². The first kappa shape index (κ1) is 16.0. The topological polar surface area (TPSA) is 78.9 Å². The average Bonchev–Trinajstić information content (AvgIpc) is 2.54. The maximum absolute atomic E-state index is 11.4. The number of carbonyl (C=O) groups excluding carboxylic acids is 1. The van der Waals surface area contributed by atoms with Crippen molar-refractivity contribution in [2.45, 2.75) is 12.0 Å². The molecule has 1 aliphatic heterocycles. The van der Waals surface area contributed by atoms with Crippen molar-refractivity contribution in [1.82, 2.24) is 10.2 Å². The van der Waals surface area contributed by atoms with Gasteiger partial charge in [-0.1, -0.05) is 36.4 Å². The lowest BCUT2D eigenvalue weighted by Gasteiger charge is -2.41. The number of esters is 1. The molecule has 0 spiro atoms. The lowest BCUT2D eigenvalue weighted by Crippen LogP contribution is -2.61. The Morgan fingerprint density at radius 1 is 1.41 bits per heavy atom. The van der Waals surface area contributed by atoms with Gasteiger partial charge >= 0.3 is 12.1 Å². The second kappa shape index (κ2) is 7.09. The van der Waals surface area contributed by atoms with Crippen LogP contribution in [0.1, 0.15) is 5.56 Å². The summed E-state index contributed by atoms with van der Waals surface area (Å²) in [5, 5.41) is 12.6. The molecule has 0 aliphatic carbocycles. The fourth-order valence-corrected chi connectivity index (χ4v) is 2.62. The largest absolute Gasteiger partial charge is 0.466 e. The highest BCUT2D eigenvalue weighted by molar-refractivity contribution is 5.82. The standard InChI is InChI=1S/C16H20N2O4/c1-22-14(19)7-8-16(11-13-5-3-2-4-6-13)12-18(15(20)21)10-9-17-16/h2-8,17H,9-12H2,1H3,(H,20,21)/b8-7+. The van der Waals surface area contributed by atoms with E-state index in [4.69, 9.17) is 0 Å². The molecule has 1 aromatic rings. The molecule has 2 N–H and O–H groups in total.